The molecule has 2 aliphatic rings. The molecule has 2 heterocycles. The first-order valence-electron chi connectivity index (χ1n) is 25.1. The molecule has 4 unspecified atom stereocenters. The number of unbranched alkanes of at least 4 members (excludes halogenated alkanes) is 18. The molecular weight excluding hydrogens is 841 g/mol. The van der Waals surface area contributed by atoms with E-state index in [1.165, 1.54) is 77.0 Å². The van der Waals surface area contributed by atoms with Gasteiger partial charge in [0.15, 0.2) is 18.7 Å². The lowest BCUT2D eigenvalue weighted by Gasteiger charge is -2.42. The average Bonchev–Trinajstić information content (AvgIpc) is 3.30. The first-order chi connectivity index (χ1) is 31.5. The fraction of sp³-hybridized carbons (Fsp3) is 0.840. The molecule has 65 heavy (non-hydrogen) atoms. The highest BCUT2D eigenvalue weighted by molar-refractivity contribution is 5.70. The molecule has 0 bridgehead atoms. The Morgan fingerprint density at radius 3 is 1.55 bits per heavy atom. The second-order valence-corrected chi connectivity index (χ2v) is 17.6. The van der Waals surface area contributed by atoms with E-state index in [1.807, 2.05) is 6.08 Å². The Bertz CT molecular complexity index is 1280. The van der Waals surface area contributed by atoms with Gasteiger partial charge in [-0.3, -0.25) is 9.59 Å². The summed E-state index contributed by atoms with van der Waals surface area (Å²) in [6, 6.07) is 0. The van der Waals surface area contributed by atoms with Crippen LogP contribution < -0.4 is 0 Å². The summed E-state index contributed by atoms with van der Waals surface area (Å²) in [5, 5.41) is 72.0. The maximum Gasteiger partial charge on any atom is 0.306 e. The van der Waals surface area contributed by atoms with E-state index < -0.39 is 99.3 Å². The maximum absolute atomic E-state index is 13.0. The predicted octanol–water partition coefficient (Wildman–Crippen LogP) is 6.54. The number of aliphatic hydroxyl groups is 7. The number of hydrogen-bond donors (Lipinski definition) is 7. The first kappa shape index (κ1) is 58.8. The molecule has 2 saturated heterocycles. The van der Waals surface area contributed by atoms with E-state index in [9.17, 15) is 45.3 Å². The van der Waals surface area contributed by atoms with Crippen molar-refractivity contribution < 1.29 is 73.8 Å². The molecule has 0 amide bonds. The zero-order valence-corrected chi connectivity index (χ0v) is 39.7. The fourth-order valence-electron chi connectivity index (χ4n) is 7.66. The number of ether oxygens (including phenoxy) is 6. The van der Waals surface area contributed by atoms with Gasteiger partial charge in [0.05, 0.1) is 19.8 Å². The minimum absolute atomic E-state index is 0.0793. The molecule has 0 aromatic carbocycles. The van der Waals surface area contributed by atoms with Gasteiger partial charge in [0.25, 0.3) is 0 Å². The van der Waals surface area contributed by atoms with Crippen molar-refractivity contribution in [2.75, 3.05) is 26.4 Å². The summed E-state index contributed by atoms with van der Waals surface area (Å²) < 4.78 is 33.5. The van der Waals surface area contributed by atoms with Crippen molar-refractivity contribution in [1.29, 1.82) is 0 Å². The second-order valence-electron chi connectivity index (χ2n) is 17.6. The molecule has 0 aliphatic carbocycles. The molecule has 11 atom stereocenters. The number of aliphatic hydroxyl groups excluding tert-OH is 7. The minimum atomic E-state index is -1.77. The van der Waals surface area contributed by atoms with Crippen LogP contribution in [0.5, 0.6) is 0 Å². The van der Waals surface area contributed by atoms with Gasteiger partial charge < -0.3 is 64.2 Å². The van der Waals surface area contributed by atoms with Crippen LogP contribution in [0.15, 0.2) is 36.5 Å². The largest absolute Gasteiger partial charge is 0.462 e. The van der Waals surface area contributed by atoms with Gasteiger partial charge in [-0.25, -0.2) is 0 Å². The van der Waals surface area contributed by atoms with Crippen molar-refractivity contribution in [3.63, 3.8) is 0 Å². The zero-order valence-electron chi connectivity index (χ0n) is 39.7. The smallest absolute Gasteiger partial charge is 0.306 e. The number of carbonyl (C=O) groups is 2. The lowest BCUT2D eigenvalue weighted by Crippen LogP contribution is -2.61. The summed E-state index contributed by atoms with van der Waals surface area (Å²) in [5.74, 6) is -0.997. The van der Waals surface area contributed by atoms with Crippen LogP contribution in [0.4, 0.5) is 0 Å². The van der Waals surface area contributed by atoms with Crippen LogP contribution in [0.2, 0.25) is 0 Å². The molecule has 0 radical (unpaired) electrons. The molecular formula is C50H88O15. The summed E-state index contributed by atoms with van der Waals surface area (Å²) >= 11 is 0. The number of rotatable bonds is 38. The van der Waals surface area contributed by atoms with E-state index in [-0.39, 0.29) is 19.4 Å². The maximum atomic E-state index is 13.0. The van der Waals surface area contributed by atoms with Crippen LogP contribution in [-0.2, 0) is 38.0 Å². The molecule has 0 spiro atoms. The Morgan fingerprint density at radius 2 is 0.969 bits per heavy atom. The van der Waals surface area contributed by atoms with E-state index in [0.717, 1.165) is 57.8 Å². The Balaban J connectivity index is 1.84. The van der Waals surface area contributed by atoms with Crippen molar-refractivity contribution in [2.45, 2.75) is 242 Å². The summed E-state index contributed by atoms with van der Waals surface area (Å²) in [6.45, 7) is 2.49. The van der Waals surface area contributed by atoms with Gasteiger partial charge >= 0.3 is 11.9 Å². The molecule has 15 nitrogen and oxygen atoms in total. The summed E-state index contributed by atoms with van der Waals surface area (Å²) in [7, 11) is 0. The van der Waals surface area contributed by atoms with E-state index in [4.69, 9.17) is 28.4 Å². The van der Waals surface area contributed by atoms with Gasteiger partial charge in [-0.15, -0.1) is 0 Å². The van der Waals surface area contributed by atoms with Gasteiger partial charge in [0, 0.05) is 12.8 Å². The van der Waals surface area contributed by atoms with Crippen molar-refractivity contribution in [2.24, 2.45) is 0 Å². The number of carbonyl (C=O) groups excluding carboxylic acids is 2. The Hall–Kier alpha value is -2.28. The lowest BCUT2D eigenvalue weighted by molar-refractivity contribution is -0.332. The van der Waals surface area contributed by atoms with E-state index >= 15 is 0 Å². The topological polar surface area (TPSA) is 231 Å². The third-order valence-electron chi connectivity index (χ3n) is 11.9. The van der Waals surface area contributed by atoms with E-state index in [1.54, 1.807) is 0 Å². The van der Waals surface area contributed by atoms with Crippen molar-refractivity contribution in [3.05, 3.63) is 36.5 Å². The quantitative estimate of drug-likeness (QED) is 0.0198. The summed E-state index contributed by atoms with van der Waals surface area (Å²) in [5.41, 5.74) is 0. The van der Waals surface area contributed by atoms with Crippen molar-refractivity contribution in [3.8, 4) is 0 Å². The van der Waals surface area contributed by atoms with Crippen molar-refractivity contribution >= 4 is 11.9 Å². The van der Waals surface area contributed by atoms with Crippen LogP contribution in [-0.4, -0.2) is 142 Å². The number of hydrogen-bond acceptors (Lipinski definition) is 15. The highest BCUT2D eigenvalue weighted by Crippen LogP contribution is 2.26. The molecule has 2 rings (SSSR count). The van der Waals surface area contributed by atoms with Crippen molar-refractivity contribution in [1.82, 2.24) is 0 Å². The van der Waals surface area contributed by atoms with Gasteiger partial charge in [0.1, 0.15) is 55.4 Å². The van der Waals surface area contributed by atoms with Gasteiger partial charge in [0.2, 0.25) is 0 Å². The summed E-state index contributed by atoms with van der Waals surface area (Å²) in [6.07, 6.45) is 21.9. The molecule has 7 N–H and O–H groups in total. The third-order valence-corrected chi connectivity index (χ3v) is 11.9. The summed E-state index contributed by atoms with van der Waals surface area (Å²) in [4.78, 5) is 25.7. The van der Waals surface area contributed by atoms with E-state index in [2.05, 4.69) is 44.2 Å². The highest BCUT2D eigenvalue weighted by atomic mass is 16.7. The van der Waals surface area contributed by atoms with Crippen LogP contribution >= 0.6 is 0 Å². The zero-order chi connectivity index (χ0) is 47.5. The van der Waals surface area contributed by atoms with Gasteiger partial charge in [-0.1, -0.05) is 147 Å². The Labute approximate surface area is 389 Å². The Morgan fingerprint density at radius 1 is 0.492 bits per heavy atom. The number of allylic oxidation sites excluding steroid dienone is 6. The molecule has 0 saturated carbocycles. The fourth-order valence-corrected chi connectivity index (χ4v) is 7.66. The van der Waals surface area contributed by atoms with Crippen LogP contribution in [0.1, 0.15) is 174 Å². The lowest BCUT2D eigenvalue weighted by atomic mass is 9.98. The van der Waals surface area contributed by atoms with E-state index in [0.29, 0.717) is 12.8 Å². The molecule has 2 fully saturated rings. The number of esters is 2. The van der Waals surface area contributed by atoms with Gasteiger partial charge in [-0.2, -0.15) is 0 Å². The van der Waals surface area contributed by atoms with Gasteiger partial charge in [-0.05, 0) is 51.4 Å². The molecule has 15 heteroatoms. The molecule has 2 aliphatic heterocycles. The second kappa shape index (κ2) is 37.7. The molecule has 0 aromatic heterocycles. The minimum Gasteiger partial charge on any atom is -0.462 e. The highest BCUT2D eigenvalue weighted by Gasteiger charge is 2.47. The monoisotopic (exact) mass is 929 g/mol. The first-order valence-corrected chi connectivity index (χ1v) is 25.1. The predicted molar refractivity (Wildman–Crippen MR) is 247 cm³/mol. The normalized spacial score (nSPS) is 26.7. The molecule has 0 aromatic rings. The average molecular weight is 929 g/mol. The third kappa shape index (κ3) is 26.2. The SMILES string of the molecule is CCCC/C=C/C/C=C/CCCCCCCC(=O)OC[C@H](CO[C@@H]1O[C@H](CO[C@@H]2O[C@H](CO)[C@H](O)C(O)C2O)[C@H](O)C(O)C1O)OC(=O)CC/C=C/CCCCCCCCCCCCC. The van der Waals surface area contributed by atoms with Crippen LogP contribution in [0.3, 0.4) is 0 Å². The molecule has 378 valence electrons. The van der Waals surface area contributed by atoms with Crippen LogP contribution in [0.25, 0.3) is 0 Å². The standard InChI is InChI=1S/C50H88O15/c1-3-5-7-9-11-13-15-17-19-21-23-25-27-29-31-33-42(53)63-38(35-60-41(52)32-30-28-26-24-22-20-18-16-14-12-10-8-6-4-2)36-61-49-48(59)46(57)44(55)40(65-49)37-62-50-47(58)45(56)43(54)39(34-51)64-50/h10,12,16,18,27,29,38-40,43-51,54-59H,3-9,11,13-15,17,19-26,28,30-37H2,1-2H3/b12-10+,18-16+,29-27+/t38-,39-,40-,43+,44+,45?,46?,47?,48?,49-,50-/m1/s1. The Kier molecular flexibility index (Phi) is 34.1. The van der Waals surface area contributed by atoms with Crippen LogP contribution in [0, 0.1) is 0 Å².